The zero-order valence-corrected chi connectivity index (χ0v) is 13.1. The SMILES string of the molecule is COC(=O)/C=C/c1ccc(F)cc1[C@H]1OC(=O)C2C3CCC(O3)C21. The van der Waals surface area contributed by atoms with E-state index in [0.29, 0.717) is 11.1 Å². The van der Waals surface area contributed by atoms with Gasteiger partial charge in [0.15, 0.2) is 0 Å². The number of carbonyl (C=O) groups excluding carboxylic acids is 2. The van der Waals surface area contributed by atoms with E-state index in [1.165, 1.54) is 25.3 Å². The summed E-state index contributed by atoms with van der Waals surface area (Å²) < 4.78 is 29.8. The third kappa shape index (κ3) is 2.33. The van der Waals surface area contributed by atoms with Crippen LogP contribution in [0.1, 0.15) is 30.1 Å². The quantitative estimate of drug-likeness (QED) is 0.628. The van der Waals surface area contributed by atoms with Gasteiger partial charge in [0.2, 0.25) is 0 Å². The van der Waals surface area contributed by atoms with Gasteiger partial charge in [0.05, 0.1) is 25.2 Å². The summed E-state index contributed by atoms with van der Waals surface area (Å²) in [7, 11) is 1.29. The van der Waals surface area contributed by atoms with Crippen molar-refractivity contribution in [3.63, 3.8) is 0 Å². The number of carbonyl (C=O) groups is 2. The van der Waals surface area contributed by atoms with Crippen LogP contribution in [-0.4, -0.2) is 31.3 Å². The summed E-state index contributed by atoms with van der Waals surface area (Å²) in [5.41, 5.74) is 1.19. The van der Waals surface area contributed by atoms with Crippen molar-refractivity contribution in [3.8, 4) is 0 Å². The highest BCUT2D eigenvalue weighted by Gasteiger charge is 2.61. The topological polar surface area (TPSA) is 61.8 Å². The Bertz CT molecular complexity index is 728. The molecule has 24 heavy (non-hydrogen) atoms. The van der Waals surface area contributed by atoms with E-state index in [-0.39, 0.29) is 30.0 Å². The number of benzene rings is 1. The Kier molecular flexibility index (Phi) is 3.64. The largest absolute Gasteiger partial charge is 0.466 e. The van der Waals surface area contributed by atoms with Crippen LogP contribution in [0.3, 0.4) is 0 Å². The molecule has 0 amide bonds. The molecule has 5 nitrogen and oxygen atoms in total. The van der Waals surface area contributed by atoms with Crippen LogP contribution in [0.2, 0.25) is 0 Å². The van der Waals surface area contributed by atoms with E-state index in [1.54, 1.807) is 12.1 Å². The van der Waals surface area contributed by atoms with Crippen molar-refractivity contribution >= 4 is 18.0 Å². The van der Waals surface area contributed by atoms with Gasteiger partial charge in [-0.1, -0.05) is 6.07 Å². The minimum atomic E-state index is -0.550. The Balaban J connectivity index is 1.71. The molecule has 6 heteroatoms. The minimum Gasteiger partial charge on any atom is -0.466 e. The normalized spacial score (nSPS) is 33.8. The van der Waals surface area contributed by atoms with Gasteiger partial charge in [-0.15, -0.1) is 0 Å². The number of ether oxygens (including phenoxy) is 3. The molecule has 0 spiro atoms. The van der Waals surface area contributed by atoms with Crippen LogP contribution in [0, 0.1) is 17.7 Å². The fourth-order valence-corrected chi connectivity index (χ4v) is 4.13. The van der Waals surface area contributed by atoms with Crippen LogP contribution >= 0.6 is 0 Å². The van der Waals surface area contributed by atoms with E-state index in [2.05, 4.69) is 4.74 Å². The summed E-state index contributed by atoms with van der Waals surface area (Å²) in [6, 6.07) is 4.24. The third-order valence-electron chi connectivity index (χ3n) is 5.15. The Hall–Kier alpha value is -2.21. The van der Waals surface area contributed by atoms with Crippen molar-refractivity contribution in [2.24, 2.45) is 11.8 Å². The average Bonchev–Trinajstić information content (AvgIpc) is 3.27. The van der Waals surface area contributed by atoms with Gasteiger partial charge >= 0.3 is 11.9 Å². The summed E-state index contributed by atoms with van der Waals surface area (Å²) >= 11 is 0. The molecule has 4 rings (SSSR count). The number of fused-ring (bicyclic) bond motifs is 5. The molecule has 3 aliphatic heterocycles. The summed E-state index contributed by atoms with van der Waals surface area (Å²) in [6.45, 7) is 0. The summed E-state index contributed by atoms with van der Waals surface area (Å²) in [5.74, 6) is -1.55. The number of rotatable bonds is 3. The van der Waals surface area contributed by atoms with Crippen LogP contribution < -0.4 is 0 Å². The van der Waals surface area contributed by atoms with Gasteiger partial charge in [-0.05, 0) is 36.6 Å². The van der Waals surface area contributed by atoms with Crippen LogP contribution in [0.25, 0.3) is 6.08 Å². The highest BCUT2D eigenvalue weighted by molar-refractivity contribution is 5.87. The summed E-state index contributed by atoms with van der Waals surface area (Å²) in [6.07, 6.45) is 3.91. The lowest BCUT2D eigenvalue weighted by atomic mass is 9.76. The van der Waals surface area contributed by atoms with Crippen LogP contribution in [-0.2, 0) is 23.8 Å². The molecule has 2 bridgehead atoms. The van der Waals surface area contributed by atoms with Gasteiger partial charge in [-0.2, -0.15) is 0 Å². The highest BCUT2D eigenvalue weighted by atomic mass is 19.1. The first kappa shape index (κ1) is 15.3. The molecule has 4 unspecified atom stereocenters. The molecular weight excluding hydrogens is 315 g/mol. The van der Waals surface area contributed by atoms with E-state index in [4.69, 9.17) is 9.47 Å². The smallest absolute Gasteiger partial charge is 0.330 e. The Labute approximate surface area is 138 Å². The predicted octanol–water partition coefficient (Wildman–Crippen LogP) is 2.40. The maximum atomic E-state index is 13.8. The molecule has 1 aromatic rings. The molecule has 0 aliphatic carbocycles. The maximum Gasteiger partial charge on any atom is 0.330 e. The molecule has 0 N–H and O–H groups in total. The fraction of sp³-hybridized carbons (Fsp3) is 0.444. The lowest BCUT2D eigenvalue weighted by Crippen LogP contribution is -2.28. The van der Waals surface area contributed by atoms with Gasteiger partial charge < -0.3 is 14.2 Å². The number of hydrogen-bond acceptors (Lipinski definition) is 5. The number of hydrogen-bond donors (Lipinski definition) is 0. The first-order chi connectivity index (χ1) is 11.6. The van der Waals surface area contributed by atoms with E-state index >= 15 is 0 Å². The van der Waals surface area contributed by atoms with Crippen LogP contribution in [0.5, 0.6) is 0 Å². The molecular formula is C18H17FO5. The van der Waals surface area contributed by atoms with Gasteiger partial charge in [0, 0.05) is 17.6 Å². The molecule has 0 aromatic heterocycles. The van der Waals surface area contributed by atoms with E-state index in [1.807, 2.05) is 0 Å². The zero-order valence-electron chi connectivity index (χ0n) is 13.1. The van der Waals surface area contributed by atoms with E-state index < -0.39 is 17.9 Å². The Morgan fingerprint density at radius 3 is 2.92 bits per heavy atom. The molecule has 1 aromatic carbocycles. The van der Waals surface area contributed by atoms with Crippen molar-refractivity contribution < 1.29 is 28.2 Å². The van der Waals surface area contributed by atoms with Crippen LogP contribution in [0.15, 0.2) is 24.3 Å². The molecule has 3 saturated heterocycles. The lowest BCUT2D eigenvalue weighted by Gasteiger charge is -2.23. The van der Waals surface area contributed by atoms with Crippen LogP contribution in [0.4, 0.5) is 4.39 Å². The molecule has 0 radical (unpaired) electrons. The fourth-order valence-electron chi connectivity index (χ4n) is 4.13. The Morgan fingerprint density at radius 2 is 2.12 bits per heavy atom. The second-order valence-electron chi connectivity index (χ2n) is 6.38. The third-order valence-corrected chi connectivity index (χ3v) is 5.15. The minimum absolute atomic E-state index is 0.0304. The van der Waals surface area contributed by atoms with Crippen molar-refractivity contribution in [1.29, 1.82) is 0 Å². The number of cyclic esters (lactones) is 1. The number of halogens is 1. The maximum absolute atomic E-state index is 13.8. The van der Waals surface area contributed by atoms with Crippen molar-refractivity contribution in [1.82, 2.24) is 0 Å². The van der Waals surface area contributed by atoms with Crippen molar-refractivity contribution in [2.45, 2.75) is 31.2 Å². The molecule has 3 fully saturated rings. The van der Waals surface area contributed by atoms with Crippen molar-refractivity contribution in [3.05, 3.63) is 41.2 Å². The summed E-state index contributed by atoms with van der Waals surface area (Å²) in [5, 5.41) is 0. The molecule has 0 saturated carbocycles. The molecule has 5 atom stereocenters. The van der Waals surface area contributed by atoms with Gasteiger partial charge in [0.1, 0.15) is 11.9 Å². The van der Waals surface area contributed by atoms with Gasteiger partial charge in [-0.3, -0.25) is 4.79 Å². The first-order valence-corrected chi connectivity index (χ1v) is 8.00. The van der Waals surface area contributed by atoms with E-state index in [0.717, 1.165) is 12.8 Å². The van der Waals surface area contributed by atoms with E-state index in [9.17, 15) is 14.0 Å². The molecule has 126 valence electrons. The monoisotopic (exact) mass is 332 g/mol. The Morgan fingerprint density at radius 1 is 1.33 bits per heavy atom. The highest BCUT2D eigenvalue weighted by Crippen LogP contribution is 2.55. The predicted molar refractivity (Wildman–Crippen MR) is 81.2 cm³/mol. The molecule has 3 heterocycles. The second-order valence-corrected chi connectivity index (χ2v) is 6.38. The molecule has 3 aliphatic rings. The second kappa shape index (κ2) is 5.70. The standard InChI is InChI=1S/C18H17FO5/c1-22-14(20)7-3-9-2-4-10(19)8-11(9)17-15-12-5-6-13(23-12)16(15)18(21)24-17/h2-4,7-8,12-13,15-17H,5-6H2,1H3/b7-3+/t12?,13?,15?,16?,17-/m1/s1. The van der Waals surface area contributed by atoms with Crippen molar-refractivity contribution in [2.75, 3.05) is 7.11 Å². The average molecular weight is 332 g/mol. The van der Waals surface area contributed by atoms with Gasteiger partial charge in [-0.25, -0.2) is 9.18 Å². The van der Waals surface area contributed by atoms with Gasteiger partial charge in [0.25, 0.3) is 0 Å². The number of methoxy groups -OCH3 is 1. The first-order valence-electron chi connectivity index (χ1n) is 8.00. The summed E-state index contributed by atoms with van der Waals surface area (Å²) in [4.78, 5) is 23.6. The zero-order chi connectivity index (χ0) is 16.8. The number of esters is 2. The lowest BCUT2D eigenvalue weighted by molar-refractivity contribution is -0.147.